The lowest BCUT2D eigenvalue weighted by Gasteiger charge is -2.12. The van der Waals surface area contributed by atoms with E-state index in [9.17, 15) is 4.79 Å². The second kappa shape index (κ2) is 6.20. The number of carbonyl (C=O) groups is 1. The van der Waals surface area contributed by atoms with E-state index in [1.54, 1.807) is 0 Å². The van der Waals surface area contributed by atoms with E-state index in [1.165, 1.54) is 0 Å². The number of carboxylic acids is 1. The van der Waals surface area contributed by atoms with Gasteiger partial charge in [-0.05, 0) is 28.8 Å². The molecule has 0 amide bonds. The maximum Gasteiger partial charge on any atom is 0.309 e. The zero-order valence-corrected chi connectivity index (χ0v) is 12.5. The molecule has 112 valence electrons. The lowest BCUT2D eigenvalue weighted by molar-refractivity contribution is -0.135. The highest BCUT2D eigenvalue weighted by Crippen LogP contribution is 2.29. The molecule has 1 heterocycles. The second-order valence-corrected chi connectivity index (χ2v) is 5.57. The third-order valence-corrected chi connectivity index (χ3v) is 3.88. The van der Waals surface area contributed by atoms with E-state index in [0.717, 1.165) is 16.7 Å². The summed E-state index contributed by atoms with van der Waals surface area (Å²) in [7, 11) is 0. The SMILES string of the molecule is O=C(O)CC1=NOCC1c1cccc(-c2ccc(Cl)cc2)c1. The molecule has 0 aliphatic carbocycles. The van der Waals surface area contributed by atoms with Crippen molar-refractivity contribution in [3.63, 3.8) is 0 Å². The first kappa shape index (κ1) is 14.6. The van der Waals surface area contributed by atoms with Crippen LogP contribution in [0.5, 0.6) is 0 Å². The first-order valence-electron chi connectivity index (χ1n) is 6.90. The largest absolute Gasteiger partial charge is 0.481 e. The fraction of sp³-hybridized carbons (Fsp3) is 0.176. The molecule has 0 fully saturated rings. The highest BCUT2D eigenvalue weighted by molar-refractivity contribution is 6.30. The second-order valence-electron chi connectivity index (χ2n) is 5.13. The summed E-state index contributed by atoms with van der Waals surface area (Å²) in [6.07, 6.45) is -0.101. The summed E-state index contributed by atoms with van der Waals surface area (Å²) in [6.45, 7) is 0.382. The van der Waals surface area contributed by atoms with E-state index < -0.39 is 5.97 Å². The molecular weight excluding hydrogens is 302 g/mol. The van der Waals surface area contributed by atoms with Crippen LogP contribution in [0, 0.1) is 0 Å². The van der Waals surface area contributed by atoms with Crippen LogP contribution >= 0.6 is 11.6 Å². The lowest BCUT2D eigenvalue weighted by atomic mass is 9.91. The Morgan fingerprint density at radius 2 is 2.00 bits per heavy atom. The Morgan fingerprint density at radius 1 is 1.23 bits per heavy atom. The van der Waals surface area contributed by atoms with Crippen molar-refractivity contribution in [2.45, 2.75) is 12.3 Å². The van der Waals surface area contributed by atoms with Gasteiger partial charge in [0.15, 0.2) is 0 Å². The Bertz CT molecular complexity index is 725. The average molecular weight is 316 g/mol. The van der Waals surface area contributed by atoms with Gasteiger partial charge in [0.2, 0.25) is 0 Å². The van der Waals surface area contributed by atoms with Gasteiger partial charge in [0.1, 0.15) is 6.61 Å². The molecule has 1 aliphatic heterocycles. The van der Waals surface area contributed by atoms with Gasteiger partial charge in [0.25, 0.3) is 0 Å². The van der Waals surface area contributed by atoms with Crippen molar-refractivity contribution in [1.29, 1.82) is 0 Å². The minimum Gasteiger partial charge on any atom is -0.481 e. The van der Waals surface area contributed by atoms with Crippen molar-refractivity contribution in [2.75, 3.05) is 6.61 Å². The van der Waals surface area contributed by atoms with E-state index in [-0.39, 0.29) is 12.3 Å². The van der Waals surface area contributed by atoms with Gasteiger partial charge in [0.05, 0.1) is 18.1 Å². The summed E-state index contributed by atoms with van der Waals surface area (Å²) in [5, 5.41) is 13.5. The van der Waals surface area contributed by atoms with Gasteiger partial charge in [0, 0.05) is 5.02 Å². The molecule has 0 bridgehead atoms. The number of carboxylic acid groups (broad SMARTS) is 1. The number of oxime groups is 1. The number of benzene rings is 2. The standard InChI is InChI=1S/C17H14ClNO3/c18-14-6-4-11(5-7-14)12-2-1-3-13(8-12)15-10-22-19-16(15)9-17(20)21/h1-8,15H,9-10H2,(H,20,21). The summed E-state index contributed by atoms with van der Waals surface area (Å²) >= 11 is 5.91. The van der Waals surface area contributed by atoms with Gasteiger partial charge in [-0.3, -0.25) is 4.79 Å². The van der Waals surface area contributed by atoms with E-state index in [4.69, 9.17) is 21.5 Å². The molecule has 4 nitrogen and oxygen atoms in total. The third kappa shape index (κ3) is 3.12. The number of nitrogens with zero attached hydrogens (tertiary/aromatic N) is 1. The molecule has 0 saturated carbocycles. The van der Waals surface area contributed by atoms with Gasteiger partial charge < -0.3 is 9.94 Å². The molecule has 0 aromatic heterocycles. The van der Waals surface area contributed by atoms with Crippen LogP contribution < -0.4 is 0 Å². The first-order chi connectivity index (χ1) is 10.6. The molecule has 2 aromatic rings. The van der Waals surface area contributed by atoms with Crippen LogP contribution in [0.2, 0.25) is 5.02 Å². The van der Waals surface area contributed by atoms with Crippen LogP contribution in [-0.4, -0.2) is 23.4 Å². The lowest BCUT2D eigenvalue weighted by Crippen LogP contribution is -2.15. The monoisotopic (exact) mass is 315 g/mol. The maximum atomic E-state index is 10.9. The van der Waals surface area contributed by atoms with Crippen molar-refractivity contribution in [2.24, 2.45) is 5.16 Å². The molecule has 1 atom stereocenters. The molecule has 0 saturated heterocycles. The van der Waals surface area contributed by atoms with Crippen LogP contribution in [0.15, 0.2) is 53.7 Å². The fourth-order valence-electron chi connectivity index (χ4n) is 2.53. The summed E-state index contributed by atoms with van der Waals surface area (Å²) in [5.41, 5.74) is 3.67. The Balaban J connectivity index is 1.89. The van der Waals surface area contributed by atoms with Gasteiger partial charge in [-0.15, -0.1) is 0 Å². The molecule has 1 unspecified atom stereocenters. The molecule has 22 heavy (non-hydrogen) atoms. The average Bonchev–Trinajstić information content (AvgIpc) is 2.95. The van der Waals surface area contributed by atoms with E-state index in [2.05, 4.69) is 5.16 Å². The molecule has 2 aromatic carbocycles. The van der Waals surface area contributed by atoms with E-state index in [1.807, 2.05) is 48.5 Å². The Labute approximate surface area is 133 Å². The van der Waals surface area contributed by atoms with Gasteiger partial charge in [-0.2, -0.15) is 0 Å². The fourth-order valence-corrected chi connectivity index (χ4v) is 2.66. The summed E-state index contributed by atoms with van der Waals surface area (Å²) < 4.78 is 0. The van der Waals surface area contributed by atoms with E-state index in [0.29, 0.717) is 17.3 Å². The summed E-state index contributed by atoms with van der Waals surface area (Å²) in [6, 6.07) is 15.6. The molecule has 0 radical (unpaired) electrons. The highest BCUT2D eigenvalue weighted by atomic mass is 35.5. The zero-order chi connectivity index (χ0) is 15.5. The van der Waals surface area contributed by atoms with Gasteiger partial charge in [-0.1, -0.05) is 53.2 Å². The van der Waals surface area contributed by atoms with Gasteiger partial charge >= 0.3 is 5.97 Å². The van der Waals surface area contributed by atoms with Crippen molar-refractivity contribution >= 4 is 23.3 Å². The van der Waals surface area contributed by atoms with Crippen LogP contribution in [0.1, 0.15) is 17.9 Å². The molecule has 5 heteroatoms. The predicted molar refractivity (Wildman–Crippen MR) is 85.3 cm³/mol. The number of hydrogen-bond donors (Lipinski definition) is 1. The maximum absolute atomic E-state index is 10.9. The number of halogens is 1. The molecular formula is C17H14ClNO3. The molecule has 0 spiro atoms. The predicted octanol–water partition coefficient (Wildman–Crippen LogP) is 3.95. The number of rotatable bonds is 4. The quantitative estimate of drug-likeness (QED) is 0.929. The molecule has 1 N–H and O–H groups in total. The van der Waals surface area contributed by atoms with Crippen LogP contribution in [0.4, 0.5) is 0 Å². The molecule has 3 rings (SSSR count). The minimum atomic E-state index is -0.900. The minimum absolute atomic E-state index is 0.101. The topological polar surface area (TPSA) is 58.9 Å². The van der Waals surface area contributed by atoms with Crippen molar-refractivity contribution in [1.82, 2.24) is 0 Å². The van der Waals surface area contributed by atoms with Crippen molar-refractivity contribution in [3.05, 3.63) is 59.1 Å². The summed E-state index contributed by atoms with van der Waals surface area (Å²) in [5.74, 6) is -1.01. The highest BCUT2D eigenvalue weighted by Gasteiger charge is 2.27. The van der Waals surface area contributed by atoms with Crippen LogP contribution in [-0.2, 0) is 9.63 Å². The summed E-state index contributed by atoms with van der Waals surface area (Å²) in [4.78, 5) is 16.0. The molecule has 1 aliphatic rings. The zero-order valence-electron chi connectivity index (χ0n) is 11.7. The number of aliphatic carboxylic acids is 1. The van der Waals surface area contributed by atoms with Gasteiger partial charge in [-0.25, -0.2) is 0 Å². The smallest absolute Gasteiger partial charge is 0.309 e. The van der Waals surface area contributed by atoms with E-state index >= 15 is 0 Å². The van der Waals surface area contributed by atoms with Crippen molar-refractivity contribution < 1.29 is 14.7 Å². The normalized spacial score (nSPS) is 17.0. The Hall–Kier alpha value is -2.33. The number of hydrogen-bond acceptors (Lipinski definition) is 3. The van der Waals surface area contributed by atoms with Crippen LogP contribution in [0.3, 0.4) is 0 Å². The van der Waals surface area contributed by atoms with Crippen molar-refractivity contribution in [3.8, 4) is 11.1 Å². The first-order valence-corrected chi connectivity index (χ1v) is 7.27. The third-order valence-electron chi connectivity index (χ3n) is 3.62. The Kier molecular flexibility index (Phi) is 4.11. The Morgan fingerprint density at radius 3 is 2.73 bits per heavy atom. The van der Waals surface area contributed by atoms with Crippen LogP contribution in [0.25, 0.3) is 11.1 Å².